The molecule has 0 aliphatic rings. The van der Waals surface area contributed by atoms with Crippen LogP contribution in [0.1, 0.15) is 27.7 Å². The van der Waals surface area contributed by atoms with E-state index >= 15 is 0 Å². The SMILES string of the molecule is [2H][B]N=BOP(OC)N(C(C)C)C(C)C. The third-order valence-electron chi connectivity index (χ3n) is 1.60. The van der Waals surface area contributed by atoms with Gasteiger partial charge in [0.05, 0.1) is 0 Å². The molecule has 0 aromatic carbocycles. The van der Waals surface area contributed by atoms with Gasteiger partial charge in [0, 0.05) is 0 Å². The summed E-state index contributed by atoms with van der Waals surface area (Å²) >= 11 is 0. The number of hydrogen-bond donors (Lipinski definition) is 0. The molecule has 0 saturated carbocycles. The summed E-state index contributed by atoms with van der Waals surface area (Å²) in [4.78, 5) is 3.56. The van der Waals surface area contributed by atoms with Crippen LogP contribution in [-0.2, 0) is 8.96 Å². The normalized spacial score (nSPS) is 14.7. The second-order valence-electron chi connectivity index (χ2n) is 3.35. The van der Waals surface area contributed by atoms with E-state index in [2.05, 4.69) is 37.2 Å². The van der Waals surface area contributed by atoms with Crippen molar-refractivity contribution in [2.75, 3.05) is 7.11 Å². The van der Waals surface area contributed by atoms with Crippen molar-refractivity contribution in [2.45, 2.75) is 39.8 Å². The summed E-state index contributed by atoms with van der Waals surface area (Å²) in [5.74, 6) is 0. The summed E-state index contributed by atoms with van der Waals surface area (Å²) in [6.45, 7) is 8.36. The van der Waals surface area contributed by atoms with Gasteiger partial charge in [0.15, 0.2) is 0 Å². The molecule has 0 aromatic heterocycles. The van der Waals surface area contributed by atoms with E-state index in [0.717, 1.165) is 7.94 Å². The van der Waals surface area contributed by atoms with E-state index in [1.807, 2.05) is 0 Å². The van der Waals surface area contributed by atoms with Crippen LogP contribution in [0.5, 0.6) is 0 Å². The fourth-order valence-electron chi connectivity index (χ4n) is 1.23. The first-order chi connectivity index (χ1) is 7.04. The first-order valence-corrected chi connectivity index (χ1v) is 5.68. The molecule has 0 bridgehead atoms. The van der Waals surface area contributed by atoms with Gasteiger partial charge in [0.2, 0.25) is 0 Å². The van der Waals surface area contributed by atoms with Gasteiger partial charge in [-0.05, 0) is 0 Å². The van der Waals surface area contributed by atoms with Gasteiger partial charge >= 0.3 is 90.4 Å². The molecule has 7 heteroatoms. The van der Waals surface area contributed by atoms with Gasteiger partial charge in [-0.2, -0.15) is 0 Å². The zero-order valence-electron chi connectivity index (χ0n) is 10.5. The van der Waals surface area contributed by atoms with Crippen molar-refractivity contribution < 1.29 is 8.96 Å². The Kier molecular flexibility index (Phi) is 6.41. The molecule has 0 aliphatic carbocycles. The molecule has 0 rings (SSSR count). The van der Waals surface area contributed by atoms with Gasteiger partial charge in [-0.3, -0.25) is 0 Å². The third-order valence-corrected chi connectivity index (χ3v) is 3.49. The van der Waals surface area contributed by atoms with Crippen LogP contribution in [0.25, 0.3) is 0 Å². The summed E-state index contributed by atoms with van der Waals surface area (Å²) in [5.41, 5.74) is 0. The van der Waals surface area contributed by atoms with Crippen LogP contribution in [0, 0.1) is 0 Å². The number of hydrogen-bond acceptors (Lipinski definition) is 4. The summed E-state index contributed by atoms with van der Waals surface area (Å²) in [7, 11) is 2.66. The molecular weight excluding hydrogens is 197 g/mol. The van der Waals surface area contributed by atoms with E-state index in [-0.39, 0.29) is 0 Å². The Labute approximate surface area is 91.1 Å². The Morgan fingerprint density at radius 2 is 2.00 bits per heavy atom. The molecule has 1 radical (unpaired) electrons. The Bertz CT molecular complexity index is 190. The molecule has 0 spiro atoms. The van der Waals surface area contributed by atoms with Crippen LogP contribution < -0.4 is 0 Å². The Morgan fingerprint density at radius 3 is 2.36 bits per heavy atom. The molecule has 1 atom stereocenters. The third kappa shape index (κ3) is 4.54. The van der Waals surface area contributed by atoms with E-state index in [1.165, 1.54) is 7.27 Å². The molecule has 0 amide bonds. The van der Waals surface area contributed by atoms with Crippen molar-refractivity contribution in [3.8, 4) is 0 Å². The van der Waals surface area contributed by atoms with Crippen LogP contribution in [0.2, 0.25) is 0 Å². The average molecular weight is 216 g/mol. The van der Waals surface area contributed by atoms with Crippen LogP contribution in [0.15, 0.2) is 4.81 Å². The van der Waals surface area contributed by atoms with Gasteiger partial charge in [0.1, 0.15) is 0 Å². The Morgan fingerprint density at radius 1 is 1.43 bits per heavy atom. The van der Waals surface area contributed by atoms with Crippen LogP contribution in [0.3, 0.4) is 0 Å². The van der Waals surface area contributed by atoms with Crippen molar-refractivity contribution in [3.63, 3.8) is 0 Å². The predicted octanol–water partition coefficient (Wildman–Crippen LogP) is 1.61. The topological polar surface area (TPSA) is 34.1 Å². The van der Waals surface area contributed by atoms with Gasteiger partial charge in [-0.1, -0.05) is 0 Å². The maximum absolute atomic E-state index is 6.73. The van der Waals surface area contributed by atoms with Gasteiger partial charge in [-0.15, -0.1) is 0 Å². The van der Waals surface area contributed by atoms with Gasteiger partial charge < -0.3 is 0 Å². The second-order valence-corrected chi connectivity index (χ2v) is 4.86. The molecule has 1 unspecified atom stereocenters. The molecule has 0 heterocycles. The second kappa shape index (κ2) is 7.38. The van der Waals surface area contributed by atoms with E-state index < -0.39 is 8.53 Å². The van der Waals surface area contributed by atoms with Crippen molar-refractivity contribution in [1.82, 2.24) is 4.67 Å². The zero-order chi connectivity index (χ0) is 11.8. The predicted molar refractivity (Wildman–Crippen MR) is 62.5 cm³/mol. The van der Waals surface area contributed by atoms with E-state index in [0.29, 0.717) is 12.1 Å². The monoisotopic (exact) mass is 216 g/mol. The minimum atomic E-state index is -1.13. The minimum absolute atomic E-state index is 0.337. The molecule has 79 valence electrons. The quantitative estimate of drug-likeness (QED) is 0.478. The van der Waals surface area contributed by atoms with Crippen molar-refractivity contribution in [3.05, 3.63) is 0 Å². The number of nitrogens with zero attached hydrogens (tertiary/aromatic N) is 2. The molecule has 0 fully saturated rings. The Balaban J connectivity index is 4.38. The van der Waals surface area contributed by atoms with Crippen molar-refractivity contribution >= 4 is 23.7 Å². The van der Waals surface area contributed by atoms with Crippen LogP contribution in [-0.4, -0.2) is 40.4 Å². The van der Waals surface area contributed by atoms with Crippen molar-refractivity contribution in [1.29, 1.82) is 1.34 Å². The molecule has 4 nitrogen and oxygen atoms in total. The summed E-state index contributed by atoms with van der Waals surface area (Å²) in [5, 5.41) is 0. The summed E-state index contributed by atoms with van der Waals surface area (Å²) < 4.78 is 19.5. The maximum atomic E-state index is 6.73. The van der Waals surface area contributed by atoms with Gasteiger partial charge in [-0.25, -0.2) is 0 Å². The standard InChI is InChI=1S/C7H18B2N2O2P/c1-6(2)11(7(3)4)14(12-5)13-9-10-8/h6-8H,1-5H3/i8D. The molecule has 14 heavy (non-hydrogen) atoms. The molecule has 0 aromatic rings. The average Bonchev–Trinajstić information content (AvgIpc) is 2.15. The molecule has 0 saturated heterocycles. The van der Waals surface area contributed by atoms with E-state index in [4.69, 9.17) is 10.3 Å². The first-order valence-electron chi connectivity index (χ1n) is 5.13. The summed E-state index contributed by atoms with van der Waals surface area (Å²) in [6, 6.07) is 0.675. The van der Waals surface area contributed by atoms with Crippen LogP contribution >= 0.6 is 8.53 Å². The molecular formula is C7H18B2N2O2P. The first kappa shape index (κ1) is 12.2. The summed E-state index contributed by atoms with van der Waals surface area (Å²) in [6.07, 6.45) is 0. The van der Waals surface area contributed by atoms with Gasteiger partial charge in [0.25, 0.3) is 0 Å². The van der Waals surface area contributed by atoms with Crippen LogP contribution in [0.4, 0.5) is 0 Å². The fraction of sp³-hybridized carbons (Fsp3) is 1.00. The van der Waals surface area contributed by atoms with Crippen molar-refractivity contribution in [2.24, 2.45) is 4.81 Å². The fourth-order valence-corrected chi connectivity index (χ4v) is 2.51. The van der Waals surface area contributed by atoms with E-state index in [1.54, 1.807) is 7.11 Å². The Hall–Kier alpha value is 0.0799. The van der Waals surface area contributed by atoms with E-state index in [9.17, 15) is 0 Å². The zero-order valence-corrected chi connectivity index (χ0v) is 10.4. The molecule has 0 aliphatic heterocycles. The molecule has 0 N–H and O–H groups in total. The number of rotatable bonds is 7.